The third-order valence-electron chi connectivity index (χ3n) is 6.33. The molecule has 1 fully saturated rings. The normalized spacial score (nSPS) is 18.9. The summed E-state index contributed by atoms with van der Waals surface area (Å²) in [5, 5.41) is 0.731. The van der Waals surface area contributed by atoms with Crippen LogP contribution >= 0.6 is 11.6 Å². The number of nitrogens with zero attached hydrogens (tertiary/aromatic N) is 3. The van der Waals surface area contributed by atoms with Gasteiger partial charge in [0.15, 0.2) is 0 Å². The van der Waals surface area contributed by atoms with Crippen LogP contribution in [-0.2, 0) is 16.0 Å². The van der Waals surface area contributed by atoms with E-state index in [0.29, 0.717) is 26.1 Å². The molecule has 1 atom stereocenters. The van der Waals surface area contributed by atoms with Gasteiger partial charge in [-0.2, -0.15) is 0 Å². The number of carbonyl (C=O) groups excluding carboxylic acids is 2. The second-order valence-electron chi connectivity index (χ2n) is 8.18. The van der Waals surface area contributed by atoms with Gasteiger partial charge in [-0.15, -0.1) is 0 Å². The van der Waals surface area contributed by atoms with E-state index in [0.717, 1.165) is 35.8 Å². The van der Waals surface area contributed by atoms with Crippen LogP contribution in [0.5, 0.6) is 0 Å². The average molecular weight is 426 g/mol. The fourth-order valence-electron chi connectivity index (χ4n) is 4.66. The van der Waals surface area contributed by atoms with E-state index < -0.39 is 0 Å². The Bertz CT molecular complexity index is 953. The zero-order valence-corrected chi connectivity index (χ0v) is 18.4. The van der Waals surface area contributed by atoms with Crippen molar-refractivity contribution >= 4 is 29.1 Å². The molecule has 1 saturated heterocycles. The SMILES string of the molecule is CC(=O)N1CCc2ccccc2C1CC(=O)N1CCN(c2cc(Cl)ccc2C)CC1. The number of hydrogen-bond donors (Lipinski definition) is 0. The van der Waals surface area contributed by atoms with Crippen molar-refractivity contribution < 1.29 is 9.59 Å². The van der Waals surface area contributed by atoms with E-state index in [1.807, 2.05) is 40.1 Å². The first-order chi connectivity index (χ1) is 14.4. The number of amides is 2. The van der Waals surface area contributed by atoms with Crippen LogP contribution in [0.25, 0.3) is 0 Å². The summed E-state index contributed by atoms with van der Waals surface area (Å²) in [6, 6.07) is 13.9. The van der Waals surface area contributed by atoms with Crippen LogP contribution < -0.4 is 4.90 Å². The van der Waals surface area contributed by atoms with Crippen molar-refractivity contribution in [2.24, 2.45) is 0 Å². The summed E-state index contributed by atoms with van der Waals surface area (Å²) in [7, 11) is 0. The molecule has 0 aliphatic carbocycles. The zero-order chi connectivity index (χ0) is 21.3. The van der Waals surface area contributed by atoms with Crippen LogP contribution in [0.1, 0.15) is 36.1 Å². The van der Waals surface area contributed by atoms with E-state index in [9.17, 15) is 9.59 Å². The summed E-state index contributed by atoms with van der Waals surface area (Å²) in [6.45, 7) is 7.28. The first-order valence-electron chi connectivity index (χ1n) is 10.6. The largest absolute Gasteiger partial charge is 0.368 e. The molecule has 0 N–H and O–H groups in total. The fraction of sp³-hybridized carbons (Fsp3) is 0.417. The number of anilines is 1. The van der Waals surface area contributed by atoms with Crippen LogP contribution in [-0.4, -0.2) is 54.3 Å². The molecule has 0 spiro atoms. The summed E-state index contributed by atoms with van der Waals surface area (Å²) in [5.74, 6) is 0.147. The molecule has 30 heavy (non-hydrogen) atoms. The van der Waals surface area contributed by atoms with E-state index in [2.05, 4.69) is 24.0 Å². The Balaban J connectivity index is 1.44. The van der Waals surface area contributed by atoms with Crippen LogP contribution in [0.4, 0.5) is 5.69 Å². The maximum atomic E-state index is 13.2. The van der Waals surface area contributed by atoms with Crippen LogP contribution in [0.2, 0.25) is 5.02 Å². The Labute approximate surface area is 183 Å². The highest BCUT2D eigenvalue weighted by molar-refractivity contribution is 6.30. The molecule has 2 amide bonds. The van der Waals surface area contributed by atoms with E-state index in [1.54, 1.807) is 6.92 Å². The molecule has 1 unspecified atom stereocenters. The van der Waals surface area contributed by atoms with Gasteiger partial charge >= 0.3 is 0 Å². The monoisotopic (exact) mass is 425 g/mol. The summed E-state index contributed by atoms with van der Waals surface area (Å²) in [5.41, 5.74) is 4.68. The Morgan fingerprint density at radius 2 is 1.77 bits per heavy atom. The summed E-state index contributed by atoms with van der Waals surface area (Å²) in [6.07, 6.45) is 1.19. The highest BCUT2D eigenvalue weighted by Gasteiger charge is 2.32. The number of hydrogen-bond acceptors (Lipinski definition) is 3. The fourth-order valence-corrected chi connectivity index (χ4v) is 4.83. The van der Waals surface area contributed by atoms with Crippen LogP contribution in [0.15, 0.2) is 42.5 Å². The van der Waals surface area contributed by atoms with Gasteiger partial charge in [-0.25, -0.2) is 0 Å². The highest BCUT2D eigenvalue weighted by Crippen LogP contribution is 2.33. The predicted molar refractivity (Wildman–Crippen MR) is 120 cm³/mol. The topological polar surface area (TPSA) is 43.9 Å². The quantitative estimate of drug-likeness (QED) is 0.750. The molecule has 6 heteroatoms. The molecule has 158 valence electrons. The van der Waals surface area contributed by atoms with Gasteiger partial charge in [-0.3, -0.25) is 9.59 Å². The molecular weight excluding hydrogens is 398 g/mol. The Morgan fingerprint density at radius 3 is 2.50 bits per heavy atom. The Hall–Kier alpha value is -2.53. The molecule has 0 aromatic heterocycles. The summed E-state index contributed by atoms with van der Waals surface area (Å²) in [4.78, 5) is 31.5. The number of rotatable bonds is 3. The van der Waals surface area contributed by atoms with Crippen molar-refractivity contribution in [3.8, 4) is 0 Å². The van der Waals surface area contributed by atoms with Gasteiger partial charge in [0.2, 0.25) is 11.8 Å². The maximum Gasteiger partial charge on any atom is 0.225 e. The van der Waals surface area contributed by atoms with E-state index in [4.69, 9.17) is 11.6 Å². The van der Waals surface area contributed by atoms with Gasteiger partial charge in [0, 0.05) is 50.4 Å². The minimum atomic E-state index is -0.173. The minimum absolute atomic E-state index is 0.0311. The van der Waals surface area contributed by atoms with Crippen LogP contribution in [0, 0.1) is 6.92 Å². The second kappa shape index (κ2) is 8.68. The summed E-state index contributed by atoms with van der Waals surface area (Å²) < 4.78 is 0. The van der Waals surface area contributed by atoms with Crippen molar-refractivity contribution in [3.63, 3.8) is 0 Å². The molecular formula is C24H28ClN3O2. The average Bonchev–Trinajstić information content (AvgIpc) is 2.75. The van der Waals surface area contributed by atoms with Crippen LogP contribution in [0.3, 0.4) is 0 Å². The molecule has 2 aliphatic rings. The van der Waals surface area contributed by atoms with Crippen molar-refractivity contribution in [2.45, 2.75) is 32.7 Å². The molecule has 2 aromatic carbocycles. The van der Waals surface area contributed by atoms with E-state index >= 15 is 0 Å². The second-order valence-corrected chi connectivity index (χ2v) is 8.62. The number of carbonyl (C=O) groups is 2. The molecule has 2 heterocycles. The van der Waals surface area contributed by atoms with Crippen molar-refractivity contribution in [3.05, 3.63) is 64.2 Å². The number of halogens is 1. The lowest BCUT2D eigenvalue weighted by Gasteiger charge is -2.40. The number of piperazine rings is 1. The van der Waals surface area contributed by atoms with Crippen molar-refractivity contribution in [2.75, 3.05) is 37.6 Å². The lowest BCUT2D eigenvalue weighted by molar-refractivity contribution is -0.136. The molecule has 4 rings (SSSR count). The standard InChI is InChI=1S/C24H28ClN3O2/c1-17-7-8-20(25)15-22(17)26-11-13-27(14-12-26)24(30)16-23-21-6-4-3-5-19(21)9-10-28(23)18(2)29/h3-8,15,23H,9-14,16H2,1-2H3. The van der Waals surface area contributed by atoms with Gasteiger partial charge in [0.05, 0.1) is 12.5 Å². The third-order valence-corrected chi connectivity index (χ3v) is 6.56. The summed E-state index contributed by atoms with van der Waals surface area (Å²) >= 11 is 6.18. The van der Waals surface area contributed by atoms with E-state index in [-0.39, 0.29) is 17.9 Å². The molecule has 5 nitrogen and oxygen atoms in total. The smallest absolute Gasteiger partial charge is 0.225 e. The number of aryl methyl sites for hydroxylation is 1. The maximum absolute atomic E-state index is 13.2. The molecule has 0 bridgehead atoms. The minimum Gasteiger partial charge on any atom is -0.368 e. The van der Waals surface area contributed by atoms with Gasteiger partial charge in [-0.05, 0) is 42.2 Å². The number of fused-ring (bicyclic) bond motifs is 1. The molecule has 0 radical (unpaired) electrons. The van der Waals surface area contributed by atoms with Gasteiger partial charge in [0.25, 0.3) is 0 Å². The molecule has 2 aliphatic heterocycles. The predicted octanol–water partition coefficient (Wildman–Crippen LogP) is 3.83. The molecule has 2 aromatic rings. The van der Waals surface area contributed by atoms with Gasteiger partial charge in [0.1, 0.15) is 0 Å². The Morgan fingerprint density at radius 1 is 1.03 bits per heavy atom. The lowest BCUT2D eigenvalue weighted by atomic mass is 9.90. The number of benzene rings is 2. The van der Waals surface area contributed by atoms with Gasteiger partial charge in [-0.1, -0.05) is 41.9 Å². The first-order valence-corrected chi connectivity index (χ1v) is 11.0. The first kappa shape index (κ1) is 20.7. The van der Waals surface area contributed by atoms with E-state index in [1.165, 1.54) is 11.1 Å². The third kappa shape index (κ3) is 4.17. The van der Waals surface area contributed by atoms with Gasteiger partial charge < -0.3 is 14.7 Å². The van der Waals surface area contributed by atoms with Crippen molar-refractivity contribution in [1.29, 1.82) is 0 Å². The zero-order valence-electron chi connectivity index (χ0n) is 17.6. The Kier molecular flexibility index (Phi) is 6.00. The molecule has 0 saturated carbocycles. The highest BCUT2D eigenvalue weighted by atomic mass is 35.5. The van der Waals surface area contributed by atoms with Crippen molar-refractivity contribution in [1.82, 2.24) is 9.80 Å². The lowest BCUT2D eigenvalue weighted by Crippen LogP contribution is -2.50.